The largest absolute Gasteiger partial charge is 0.775 e. The highest BCUT2D eigenvalue weighted by molar-refractivity contribution is 7.59. The third kappa shape index (κ3) is 7.23. The van der Waals surface area contributed by atoms with E-state index in [4.69, 9.17) is 4.52 Å². The van der Waals surface area contributed by atoms with E-state index in [0.717, 1.165) is 12.8 Å². The van der Waals surface area contributed by atoms with Crippen molar-refractivity contribution in [1.29, 1.82) is 0 Å². The first-order valence-corrected chi connectivity index (χ1v) is 9.22. The van der Waals surface area contributed by atoms with E-state index in [1.165, 1.54) is 38.5 Å². The number of hydrogen-bond acceptors (Lipinski definition) is 3. The fourth-order valence-electron chi connectivity index (χ4n) is 2.11. The highest BCUT2D eigenvalue weighted by Gasteiger charge is 2.10. The van der Waals surface area contributed by atoms with Gasteiger partial charge in [0, 0.05) is 5.30 Å². The molecule has 0 amide bonds. The maximum absolute atomic E-state index is 11.8. The molecule has 0 saturated heterocycles. The van der Waals surface area contributed by atoms with E-state index in [9.17, 15) is 9.46 Å². The zero-order chi connectivity index (χ0) is 14.7. The number of hydrogen-bond donors (Lipinski definition) is 0. The van der Waals surface area contributed by atoms with Gasteiger partial charge in [-0.2, -0.15) is 0 Å². The second kappa shape index (κ2) is 10.1. The second-order valence-corrected chi connectivity index (χ2v) is 6.91. The van der Waals surface area contributed by atoms with Gasteiger partial charge in [0.25, 0.3) is 0 Å². The standard InChI is InChI=1S/C16H27O3P/c1-2-3-4-5-6-7-8-12-15-19-20(17,18)16-13-10-9-11-14-16/h9-11,13-14H,2-8,12,15H2,1H3,(H,17,18)/p-1. The van der Waals surface area contributed by atoms with Crippen molar-refractivity contribution in [3.8, 4) is 0 Å². The van der Waals surface area contributed by atoms with Gasteiger partial charge in [-0.1, -0.05) is 82.2 Å². The monoisotopic (exact) mass is 297 g/mol. The molecule has 1 aromatic carbocycles. The van der Waals surface area contributed by atoms with Crippen LogP contribution < -0.4 is 10.2 Å². The molecule has 0 N–H and O–H groups in total. The minimum absolute atomic E-state index is 0.263. The summed E-state index contributed by atoms with van der Waals surface area (Å²) in [6.45, 7) is 2.51. The van der Waals surface area contributed by atoms with E-state index in [2.05, 4.69) is 6.92 Å². The zero-order valence-electron chi connectivity index (χ0n) is 12.4. The fourth-order valence-corrected chi connectivity index (χ4v) is 3.16. The summed E-state index contributed by atoms with van der Waals surface area (Å²) in [5.74, 6) is 0. The third-order valence-corrected chi connectivity index (χ3v) is 4.78. The number of benzene rings is 1. The van der Waals surface area contributed by atoms with Crippen LogP contribution in [0.4, 0.5) is 0 Å². The molecule has 0 fully saturated rings. The Bertz CT molecular complexity index is 392. The van der Waals surface area contributed by atoms with Gasteiger partial charge in [0.15, 0.2) is 7.60 Å². The molecular weight excluding hydrogens is 271 g/mol. The Kier molecular flexibility index (Phi) is 8.84. The summed E-state index contributed by atoms with van der Waals surface area (Å²) in [7, 11) is -3.87. The quantitative estimate of drug-likeness (QED) is 0.458. The molecule has 0 aliphatic carbocycles. The van der Waals surface area contributed by atoms with Gasteiger partial charge in [-0.05, 0) is 6.42 Å². The maximum atomic E-state index is 11.8. The van der Waals surface area contributed by atoms with Crippen LogP contribution in [0.3, 0.4) is 0 Å². The summed E-state index contributed by atoms with van der Waals surface area (Å²) in [4.78, 5) is 11.8. The average Bonchev–Trinajstić information content (AvgIpc) is 2.46. The molecule has 0 radical (unpaired) electrons. The molecule has 0 spiro atoms. The van der Waals surface area contributed by atoms with E-state index in [1.807, 2.05) is 0 Å². The molecule has 4 heteroatoms. The average molecular weight is 297 g/mol. The zero-order valence-corrected chi connectivity index (χ0v) is 13.3. The number of unbranched alkanes of at least 4 members (excludes halogenated alkanes) is 7. The van der Waals surface area contributed by atoms with E-state index in [0.29, 0.717) is 6.61 Å². The molecule has 1 atom stereocenters. The summed E-state index contributed by atoms with van der Waals surface area (Å²) in [5, 5.41) is 0.263. The Hall–Kier alpha value is -0.630. The van der Waals surface area contributed by atoms with Crippen molar-refractivity contribution in [1.82, 2.24) is 0 Å². The van der Waals surface area contributed by atoms with Gasteiger partial charge in [0.1, 0.15) is 0 Å². The Morgan fingerprint density at radius 3 is 2.10 bits per heavy atom. The van der Waals surface area contributed by atoms with Crippen LogP contribution in [0.2, 0.25) is 0 Å². The van der Waals surface area contributed by atoms with Crippen LogP contribution in [0.1, 0.15) is 58.3 Å². The molecule has 0 bridgehead atoms. The minimum Gasteiger partial charge on any atom is -0.775 e. The maximum Gasteiger partial charge on any atom is 0.165 e. The molecule has 114 valence electrons. The van der Waals surface area contributed by atoms with Crippen molar-refractivity contribution >= 4 is 12.9 Å². The lowest BCUT2D eigenvalue weighted by Gasteiger charge is -2.23. The Balaban J connectivity index is 2.08. The van der Waals surface area contributed by atoms with Gasteiger partial charge in [0.2, 0.25) is 0 Å². The van der Waals surface area contributed by atoms with Crippen LogP contribution in [0.5, 0.6) is 0 Å². The van der Waals surface area contributed by atoms with Crippen molar-refractivity contribution in [2.24, 2.45) is 0 Å². The van der Waals surface area contributed by atoms with Gasteiger partial charge in [-0.25, -0.2) is 0 Å². The molecule has 0 aliphatic rings. The SMILES string of the molecule is CCCCCCCCCCOP(=O)([O-])c1ccccc1. The third-order valence-electron chi connectivity index (χ3n) is 3.33. The summed E-state index contributed by atoms with van der Waals surface area (Å²) >= 11 is 0. The molecule has 0 aromatic heterocycles. The Morgan fingerprint density at radius 2 is 1.50 bits per heavy atom. The lowest BCUT2D eigenvalue weighted by molar-refractivity contribution is -0.193. The van der Waals surface area contributed by atoms with Gasteiger partial charge < -0.3 is 14.0 Å². The Morgan fingerprint density at radius 1 is 0.950 bits per heavy atom. The molecule has 0 aliphatic heterocycles. The van der Waals surface area contributed by atoms with Crippen LogP contribution in [0, 0.1) is 0 Å². The van der Waals surface area contributed by atoms with E-state index >= 15 is 0 Å². The summed E-state index contributed by atoms with van der Waals surface area (Å²) in [6, 6.07) is 8.35. The van der Waals surface area contributed by atoms with Crippen molar-refractivity contribution < 1.29 is 14.0 Å². The Labute approximate surface area is 122 Å². The van der Waals surface area contributed by atoms with Crippen LogP contribution in [-0.4, -0.2) is 6.61 Å². The summed E-state index contributed by atoms with van der Waals surface area (Å²) in [6.07, 6.45) is 9.46. The molecule has 20 heavy (non-hydrogen) atoms. The van der Waals surface area contributed by atoms with Crippen molar-refractivity contribution in [3.63, 3.8) is 0 Å². The lowest BCUT2D eigenvalue weighted by atomic mass is 10.1. The highest BCUT2D eigenvalue weighted by Crippen LogP contribution is 2.35. The van der Waals surface area contributed by atoms with Gasteiger partial charge >= 0.3 is 0 Å². The molecule has 1 aromatic rings. The number of rotatable bonds is 11. The second-order valence-electron chi connectivity index (χ2n) is 5.14. The first kappa shape index (κ1) is 17.4. The van der Waals surface area contributed by atoms with E-state index in [-0.39, 0.29) is 5.30 Å². The minimum atomic E-state index is -3.87. The predicted octanol–water partition coefficient (Wildman–Crippen LogP) is 4.02. The topological polar surface area (TPSA) is 49.4 Å². The highest BCUT2D eigenvalue weighted by atomic mass is 31.2. The van der Waals surface area contributed by atoms with E-state index < -0.39 is 7.60 Å². The van der Waals surface area contributed by atoms with Gasteiger partial charge in [0.05, 0.1) is 6.61 Å². The van der Waals surface area contributed by atoms with Crippen LogP contribution >= 0.6 is 7.60 Å². The molecule has 3 nitrogen and oxygen atoms in total. The van der Waals surface area contributed by atoms with Crippen LogP contribution in [-0.2, 0) is 9.09 Å². The molecular formula is C16H26O3P-. The normalized spacial score (nSPS) is 14.1. The van der Waals surface area contributed by atoms with Gasteiger partial charge in [-0.15, -0.1) is 0 Å². The molecule has 0 heterocycles. The summed E-state index contributed by atoms with van der Waals surface area (Å²) in [5.41, 5.74) is 0. The first-order chi connectivity index (χ1) is 9.67. The predicted molar refractivity (Wildman–Crippen MR) is 82.2 cm³/mol. The molecule has 0 saturated carbocycles. The fraction of sp³-hybridized carbons (Fsp3) is 0.625. The first-order valence-electron chi connectivity index (χ1n) is 7.68. The van der Waals surface area contributed by atoms with Crippen LogP contribution in [0.25, 0.3) is 0 Å². The van der Waals surface area contributed by atoms with Crippen LogP contribution in [0.15, 0.2) is 30.3 Å². The smallest absolute Gasteiger partial charge is 0.165 e. The lowest BCUT2D eigenvalue weighted by Crippen LogP contribution is -2.17. The molecule has 1 rings (SSSR count). The summed E-state index contributed by atoms with van der Waals surface area (Å²) < 4.78 is 16.9. The molecule has 1 unspecified atom stereocenters. The van der Waals surface area contributed by atoms with Crippen molar-refractivity contribution in [2.75, 3.05) is 6.61 Å². The van der Waals surface area contributed by atoms with E-state index in [1.54, 1.807) is 30.3 Å². The van der Waals surface area contributed by atoms with Gasteiger partial charge in [-0.3, -0.25) is 0 Å². The van der Waals surface area contributed by atoms with Crippen molar-refractivity contribution in [3.05, 3.63) is 30.3 Å². The van der Waals surface area contributed by atoms with Crippen molar-refractivity contribution in [2.45, 2.75) is 58.3 Å².